The quantitative estimate of drug-likeness (QED) is 0.643. The second-order valence-corrected chi connectivity index (χ2v) is 3.82. The Labute approximate surface area is 83.8 Å². The second kappa shape index (κ2) is 4.72. The van der Waals surface area contributed by atoms with Crippen molar-refractivity contribution < 1.29 is 14.6 Å². The topological polar surface area (TPSA) is 75.8 Å². The SMILES string of the molecule is CC1OCCC1N(C)CC(N)C(=O)O. The third-order valence-corrected chi connectivity index (χ3v) is 2.70. The van der Waals surface area contributed by atoms with Crippen molar-refractivity contribution in [1.82, 2.24) is 4.90 Å². The van der Waals surface area contributed by atoms with Crippen molar-refractivity contribution in [3.05, 3.63) is 0 Å². The standard InChI is InChI=1S/C9H18N2O3/c1-6-8(3-4-14-6)11(2)5-7(10)9(12)13/h6-8H,3-5,10H2,1-2H3,(H,12,13). The summed E-state index contributed by atoms with van der Waals surface area (Å²) >= 11 is 0. The third kappa shape index (κ3) is 2.67. The lowest BCUT2D eigenvalue weighted by Crippen LogP contribution is -2.46. The first-order valence-electron chi connectivity index (χ1n) is 4.82. The van der Waals surface area contributed by atoms with E-state index in [1.54, 1.807) is 0 Å². The molecule has 1 heterocycles. The van der Waals surface area contributed by atoms with Crippen molar-refractivity contribution in [2.24, 2.45) is 5.73 Å². The van der Waals surface area contributed by atoms with Crippen molar-refractivity contribution in [3.63, 3.8) is 0 Å². The predicted octanol–water partition coefficient (Wildman–Crippen LogP) is -0.492. The predicted molar refractivity (Wildman–Crippen MR) is 52.1 cm³/mol. The largest absolute Gasteiger partial charge is 0.480 e. The maximum Gasteiger partial charge on any atom is 0.321 e. The van der Waals surface area contributed by atoms with Crippen LogP contribution >= 0.6 is 0 Å². The van der Waals surface area contributed by atoms with Gasteiger partial charge in [-0.05, 0) is 20.4 Å². The fourth-order valence-electron chi connectivity index (χ4n) is 1.82. The molecular formula is C9H18N2O3. The molecule has 0 radical (unpaired) electrons. The highest BCUT2D eigenvalue weighted by atomic mass is 16.5. The van der Waals surface area contributed by atoms with Crippen LogP contribution in [0.15, 0.2) is 0 Å². The van der Waals surface area contributed by atoms with Crippen LogP contribution in [0.4, 0.5) is 0 Å². The molecule has 82 valence electrons. The number of likely N-dealkylation sites (N-methyl/N-ethyl adjacent to an activating group) is 1. The van der Waals surface area contributed by atoms with E-state index in [0.29, 0.717) is 12.6 Å². The first-order chi connectivity index (χ1) is 6.52. The summed E-state index contributed by atoms with van der Waals surface area (Å²) in [6.45, 7) is 3.12. The number of carboxylic acids is 1. The van der Waals surface area contributed by atoms with Crippen molar-refractivity contribution >= 4 is 5.97 Å². The van der Waals surface area contributed by atoms with Gasteiger partial charge in [0.1, 0.15) is 6.04 Å². The molecular weight excluding hydrogens is 184 g/mol. The Kier molecular flexibility index (Phi) is 3.86. The van der Waals surface area contributed by atoms with E-state index in [1.165, 1.54) is 0 Å². The van der Waals surface area contributed by atoms with E-state index < -0.39 is 12.0 Å². The van der Waals surface area contributed by atoms with E-state index in [2.05, 4.69) is 0 Å². The van der Waals surface area contributed by atoms with Gasteiger partial charge in [0.05, 0.1) is 6.10 Å². The van der Waals surface area contributed by atoms with Crippen LogP contribution in [0.25, 0.3) is 0 Å². The van der Waals surface area contributed by atoms with Crippen LogP contribution in [0.5, 0.6) is 0 Å². The lowest BCUT2D eigenvalue weighted by atomic mass is 10.1. The summed E-state index contributed by atoms with van der Waals surface area (Å²) in [6.07, 6.45) is 1.12. The van der Waals surface area contributed by atoms with Crippen LogP contribution in [0, 0.1) is 0 Å². The summed E-state index contributed by atoms with van der Waals surface area (Å²) < 4.78 is 5.40. The minimum Gasteiger partial charge on any atom is -0.480 e. The maximum absolute atomic E-state index is 10.5. The van der Waals surface area contributed by atoms with E-state index in [0.717, 1.165) is 13.0 Å². The van der Waals surface area contributed by atoms with Gasteiger partial charge in [-0.3, -0.25) is 9.69 Å². The number of ether oxygens (including phenoxy) is 1. The minimum atomic E-state index is -0.955. The molecule has 1 aliphatic heterocycles. The van der Waals surface area contributed by atoms with E-state index in [4.69, 9.17) is 15.6 Å². The summed E-state index contributed by atoms with van der Waals surface area (Å²) in [6, 6.07) is -0.520. The Hall–Kier alpha value is -0.650. The van der Waals surface area contributed by atoms with Gasteiger partial charge in [0, 0.05) is 19.2 Å². The average molecular weight is 202 g/mol. The second-order valence-electron chi connectivity index (χ2n) is 3.82. The fourth-order valence-corrected chi connectivity index (χ4v) is 1.82. The van der Waals surface area contributed by atoms with Crippen LogP contribution in [0.2, 0.25) is 0 Å². The Balaban J connectivity index is 2.41. The number of carbonyl (C=O) groups is 1. The van der Waals surface area contributed by atoms with Crippen LogP contribution < -0.4 is 5.73 Å². The fraction of sp³-hybridized carbons (Fsp3) is 0.889. The van der Waals surface area contributed by atoms with Gasteiger partial charge in [-0.15, -0.1) is 0 Å². The molecule has 0 aromatic heterocycles. The number of nitrogens with zero attached hydrogens (tertiary/aromatic N) is 1. The molecule has 3 N–H and O–H groups in total. The lowest BCUT2D eigenvalue weighted by Gasteiger charge is -2.27. The highest BCUT2D eigenvalue weighted by Gasteiger charge is 2.29. The number of hydrogen-bond donors (Lipinski definition) is 2. The van der Waals surface area contributed by atoms with Crippen molar-refractivity contribution in [2.45, 2.75) is 31.5 Å². The Morgan fingerprint density at radius 3 is 2.86 bits per heavy atom. The van der Waals surface area contributed by atoms with E-state index in [1.807, 2.05) is 18.9 Å². The maximum atomic E-state index is 10.5. The van der Waals surface area contributed by atoms with Gasteiger partial charge in [-0.2, -0.15) is 0 Å². The highest BCUT2D eigenvalue weighted by molar-refractivity contribution is 5.73. The molecule has 3 unspecified atom stereocenters. The molecule has 0 aliphatic carbocycles. The molecule has 0 spiro atoms. The molecule has 1 aliphatic rings. The van der Waals surface area contributed by atoms with Gasteiger partial charge < -0.3 is 15.6 Å². The Morgan fingerprint density at radius 1 is 1.79 bits per heavy atom. The lowest BCUT2D eigenvalue weighted by molar-refractivity contribution is -0.139. The van der Waals surface area contributed by atoms with Crippen molar-refractivity contribution in [1.29, 1.82) is 0 Å². The smallest absolute Gasteiger partial charge is 0.321 e. The molecule has 5 nitrogen and oxygen atoms in total. The summed E-state index contributed by atoms with van der Waals surface area (Å²) in [4.78, 5) is 12.5. The normalized spacial score (nSPS) is 29.4. The summed E-state index contributed by atoms with van der Waals surface area (Å²) in [7, 11) is 1.89. The number of hydrogen-bond acceptors (Lipinski definition) is 4. The first kappa shape index (κ1) is 11.4. The average Bonchev–Trinajstić information content (AvgIpc) is 2.51. The van der Waals surface area contributed by atoms with Gasteiger partial charge in [-0.25, -0.2) is 0 Å². The van der Waals surface area contributed by atoms with Crippen molar-refractivity contribution in [2.75, 3.05) is 20.2 Å². The molecule has 0 aromatic rings. The van der Waals surface area contributed by atoms with E-state index in [-0.39, 0.29) is 6.10 Å². The summed E-state index contributed by atoms with van der Waals surface area (Å²) in [5.74, 6) is -0.955. The first-order valence-corrected chi connectivity index (χ1v) is 4.82. The third-order valence-electron chi connectivity index (χ3n) is 2.70. The molecule has 0 amide bonds. The highest BCUT2D eigenvalue weighted by Crippen LogP contribution is 2.17. The monoisotopic (exact) mass is 202 g/mol. The van der Waals surface area contributed by atoms with Crippen LogP contribution in [0.1, 0.15) is 13.3 Å². The summed E-state index contributed by atoms with van der Waals surface area (Å²) in [5.41, 5.74) is 5.45. The van der Waals surface area contributed by atoms with Crippen LogP contribution in [0.3, 0.4) is 0 Å². The molecule has 1 saturated heterocycles. The van der Waals surface area contributed by atoms with Crippen molar-refractivity contribution in [3.8, 4) is 0 Å². The number of aliphatic carboxylic acids is 1. The molecule has 0 aromatic carbocycles. The van der Waals surface area contributed by atoms with Gasteiger partial charge in [0.2, 0.25) is 0 Å². The Morgan fingerprint density at radius 2 is 2.43 bits per heavy atom. The van der Waals surface area contributed by atoms with E-state index >= 15 is 0 Å². The van der Waals surface area contributed by atoms with Gasteiger partial charge >= 0.3 is 5.97 Å². The molecule has 5 heteroatoms. The van der Waals surface area contributed by atoms with E-state index in [9.17, 15) is 4.79 Å². The summed E-state index contributed by atoms with van der Waals surface area (Å²) in [5, 5.41) is 8.66. The molecule has 1 rings (SSSR count). The van der Waals surface area contributed by atoms with Gasteiger partial charge in [0.25, 0.3) is 0 Å². The molecule has 1 fully saturated rings. The minimum absolute atomic E-state index is 0.168. The zero-order valence-corrected chi connectivity index (χ0v) is 8.64. The Bertz CT molecular complexity index is 210. The number of carboxylic acid groups (broad SMARTS) is 1. The molecule has 0 bridgehead atoms. The molecule has 0 saturated carbocycles. The molecule has 14 heavy (non-hydrogen) atoms. The number of nitrogens with two attached hydrogens (primary N) is 1. The number of rotatable bonds is 4. The molecule has 3 atom stereocenters. The zero-order chi connectivity index (χ0) is 10.7. The van der Waals surface area contributed by atoms with Gasteiger partial charge in [-0.1, -0.05) is 0 Å². The zero-order valence-electron chi connectivity index (χ0n) is 8.64. The van der Waals surface area contributed by atoms with Crippen LogP contribution in [-0.2, 0) is 9.53 Å². The van der Waals surface area contributed by atoms with Crippen LogP contribution in [-0.4, -0.2) is 54.4 Å². The van der Waals surface area contributed by atoms with Gasteiger partial charge in [0.15, 0.2) is 0 Å².